The molecular weight excluding hydrogens is 292 g/mol. The molecule has 5 heteroatoms. The lowest BCUT2D eigenvalue weighted by atomic mass is 10.1. The Morgan fingerprint density at radius 1 is 1.09 bits per heavy atom. The van der Waals surface area contributed by atoms with Gasteiger partial charge < -0.3 is 20.5 Å². The summed E-state index contributed by atoms with van der Waals surface area (Å²) < 4.78 is 10.4. The van der Waals surface area contributed by atoms with Crippen molar-refractivity contribution in [3.05, 3.63) is 47.5 Å². The quantitative estimate of drug-likeness (QED) is 0.804. The standard InChI is InChI=1S/C18H22N2O3/c1-4-13-6-7-14(11-15(13)19)20-18(21)10-12-5-8-16(22-2)17(9-12)23-3/h5-9,11H,4,10,19H2,1-3H3,(H,20,21). The van der Waals surface area contributed by atoms with Gasteiger partial charge in [0.2, 0.25) is 5.91 Å². The molecule has 0 radical (unpaired) electrons. The summed E-state index contributed by atoms with van der Waals surface area (Å²) in [5.74, 6) is 1.13. The summed E-state index contributed by atoms with van der Waals surface area (Å²) in [5, 5.41) is 2.86. The molecule has 5 nitrogen and oxygen atoms in total. The minimum atomic E-state index is -0.110. The van der Waals surface area contributed by atoms with Crippen molar-refractivity contribution in [2.45, 2.75) is 19.8 Å². The second-order valence-electron chi connectivity index (χ2n) is 5.18. The monoisotopic (exact) mass is 314 g/mol. The van der Waals surface area contributed by atoms with E-state index < -0.39 is 0 Å². The van der Waals surface area contributed by atoms with E-state index in [1.54, 1.807) is 32.4 Å². The summed E-state index contributed by atoms with van der Waals surface area (Å²) in [6.07, 6.45) is 1.11. The maximum atomic E-state index is 12.2. The van der Waals surface area contributed by atoms with Crippen LogP contribution in [0.15, 0.2) is 36.4 Å². The second kappa shape index (κ2) is 7.54. The van der Waals surface area contributed by atoms with Crippen LogP contribution in [-0.4, -0.2) is 20.1 Å². The number of nitrogens with two attached hydrogens (primary N) is 1. The van der Waals surface area contributed by atoms with E-state index in [0.29, 0.717) is 22.9 Å². The first-order valence-corrected chi connectivity index (χ1v) is 7.46. The number of anilines is 2. The molecule has 2 rings (SSSR count). The molecule has 2 aromatic rings. The Morgan fingerprint density at radius 2 is 1.83 bits per heavy atom. The summed E-state index contributed by atoms with van der Waals surface area (Å²) >= 11 is 0. The van der Waals surface area contributed by atoms with Crippen LogP contribution in [0.2, 0.25) is 0 Å². The number of carbonyl (C=O) groups excluding carboxylic acids is 1. The third-order valence-corrected chi connectivity index (χ3v) is 3.62. The van der Waals surface area contributed by atoms with Crippen LogP contribution in [0.5, 0.6) is 11.5 Å². The molecule has 0 heterocycles. The number of nitrogen functional groups attached to an aromatic ring is 1. The number of benzene rings is 2. The molecular formula is C18H22N2O3. The van der Waals surface area contributed by atoms with E-state index in [-0.39, 0.29) is 12.3 Å². The number of methoxy groups -OCH3 is 2. The molecule has 0 atom stereocenters. The number of aryl methyl sites for hydroxylation is 1. The van der Waals surface area contributed by atoms with Crippen LogP contribution < -0.4 is 20.5 Å². The van der Waals surface area contributed by atoms with E-state index in [4.69, 9.17) is 15.2 Å². The molecule has 2 aromatic carbocycles. The van der Waals surface area contributed by atoms with Gasteiger partial charge in [0.1, 0.15) is 0 Å². The average molecular weight is 314 g/mol. The zero-order chi connectivity index (χ0) is 16.8. The average Bonchev–Trinajstić information content (AvgIpc) is 2.54. The van der Waals surface area contributed by atoms with Crippen molar-refractivity contribution in [2.75, 3.05) is 25.3 Å². The number of amides is 1. The van der Waals surface area contributed by atoms with Crippen LogP contribution in [-0.2, 0) is 17.6 Å². The molecule has 0 saturated heterocycles. The van der Waals surface area contributed by atoms with Crippen LogP contribution in [0.25, 0.3) is 0 Å². The first-order chi connectivity index (χ1) is 11.1. The van der Waals surface area contributed by atoms with Gasteiger partial charge in [0.25, 0.3) is 0 Å². The van der Waals surface area contributed by atoms with E-state index >= 15 is 0 Å². The van der Waals surface area contributed by atoms with Gasteiger partial charge in [-0.05, 0) is 41.8 Å². The van der Waals surface area contributed by atoms with E-state index in [9.17, 15) is 4.79 Å². The van der Waals surface area contributed by atoms with E-state index in [1.807, 2.05) is 25.1 Å². The van der Waals surface area contributed by atoms with Gasteiger partial charge in [-0.1, -0.05) is 19.1 Å². The first-order valence-electron chi connectivity index (χ1n) is 7.46. The molecule has 0 aromatic heterocycles. The van der Waals surface area contributed by atoms with Crippen molar-refractivity contribution < 1.29 is 14.3 Å². The van der Waals surface area contributed by atoms with Gasteiger partial charge in [0.05, 0.1) is 20.6 Å². The Labute approximate surface area is 136 Å². The number of nitrogens with one attached hydrogen (secondary N) is 1. The summed E-state index contributed by atoms with van der Waals surface area (Å²) in [5.41, 5.74) is 9.26. The lowest BCUT2D eigenvalue weighted by Gasteiger charge is -2.11. The third-order valence-electron chi connectivity index (χ3n) is 3.62. The lowest BCUT2D eigenvalue weighted by molar-refractivity contribution is -0.115. The highest BCUT2D eigenvalue weighted by Gasteiger charge is 2.09. The summed E-state index contributed by atoms with van der Waals surface area (Å²) in [4.78, 5) is 12.2. The van der Waals surface area contributed by atoms with E-state index in [1.165, 1.54) is 0 Å². The summed E-state index contributed by atoms with van der Waals surface area (Å²) in [6, 6.07) is 11.0. The zero-order valence-corrected chi connectivity index (χ0v) is 13.7. The molecule has 0 unspecified atom stereocenters. The fourth-order valence-electron chi connectivity index (χ4n) is 2.38. The predicted octanol–water partition coefficient (Wildman–Crippen LogP) is 3.03. The number of carbonyl (C=O) groups is 1. The Morgan fingerprint density at radius 3 is 2.43 bits per heavy atom. The van der Waals surface area contributed by atoms with Crippen LogP contribution in [0, 0.1) is 0 Å². The Hall–Kier alpha value is -2.69. The number of hydrogen-bond donors (Lipinski definition) is 2. The van der Waals surface area contributed by atoms with E-state index in [0.717, 1.165) is 17.5 Å². The summed E-state index contributed by atoms with van der Waals surface area (Å²) in [7, 11) is 3.15. The largest absolute Gasteiger partial charge is 0.493 e. The van der Waals surface area contributed by atoms with Gasteiger partial charge in [-0.15, -0.1) is 0 Å². The van der Waals surface area contributed by atoms with Gasteiger partial charge in [-0.2, -0.15) is 0 Å². The molecule has 0 bridgehead atoms. The van der Waals surface area contributed by atoms with Crippen LogP contribution in [0.4, 0.5) is 11.4 Å². The highest BCUT2D eigenvalue weighted by molar-refractivity contribution is 5.92. The number of hydrogen-bond acceptors (Lipinski definition) is 4. The molecule has 0 aliphatic heterocycles. The van der Waals surface area contributed by atoms with Crippen molar-refractivity contribution in [1.29, 1.82) is 0 Å². The van der Waals surface area contributed by atoms with Crippen LogP contribution >= 0.6 is 0 Å². The second-order valence-corrected chi connectivity index (χ2v) is 5.18. The molecule has 0 aliphatic rings. The molecule has 3 N–H and O–H groups in total. The van der Waals surface area contributed by atoms with Gasteiger partial charge >= 0.3 is 0 Å². The van der Waals surface area contributed by atoms with Crippen molar-refractivity contribution >= 4 is 17.3 Å². The Balaban J connectivity index is 2.06. The van der Waals surface area contributed by atoms with E-state index in [2.05, 4.69) is 5.32 Å². The van der Waals surface area contributed by atoms with Crippen molar-refractivity contribution in [2.24, 2.45) is 0 Å². The normalized spacial score (nSPS) is 10.2. The highest BCUT2D eigenvalue weighted by atomic mass is 16.5. The van der Waals surface area contributed by atoms with Crippen molar-refractivity contribution in [3.8, 4) is 11.5 Å². The fraction of sp³-hybridized carbons (Fsp3) is 0.278. The fourth-order valence-corrected chi connectivity index (χ4v) is 2.38. The summed E-state index contributed by atoms with van der Waals surface area (Å²) in [6.45, 7) is 2.04. The molecule has 0 fully saturated rings. The Bertz CT molecular complexity index is 699. The lowest BCUT2D eigenvalue weighted by Crippen LogP contribution is -2.14. The van der Waals surface area contributed by atoms with Gasteiger partial charge in [0.15, 0.2) is 11.5 Å². The molecule has 0 aliphatic carbocycles. The smallest absolute Gasteiger partial charge is 0.228 e. The predicted molar refractivity (Wildman–Crippen MR) is 92.1 cm³/mol. The van der Waals surface area contributed by atoms with Crippen molar-refractivity contribution in [1.82, 2.24) is 0 Å². The minimum absolute atomic E-state index is 0.110. The highest BCUT2D eigenvalue weighted by Crippen LogP contribution is 2.28. The topological polar surface area (TPSA) is 73.6 Å². The zero-order valence-electron chi connectivity index (χ0n) is 13.7. The van der Waals surface area contributed by atoms with Gasteiger partial charge in [-0.3, -0.25) is 4.79 Å². The Kier molecular flexibility index (Phi) is 5.46. The van der Waals surface area contributed by atoms with Crippen LogP contribution in [0.1, 0.15) is 18.1 Å². The van der Waals surface area contributed by atoms with Crippen molar-refractivity contribution in [3.63, 3.8) is 0 Å². The maximum Gasteiger partial charge on any atom is 0.228 e. The maximum absolute atomic E-state index is 12.2. The SMILES string of the molecule is CCc1ccc(NC(=O)Cc2ccc(OC)c(OC)c2)cc1N. The molecule has 122 valence electrons. The number of ether oxygens (including phenoxy) is 2. The van der Waals surface area contributed by atoms with Gasteiger partial charge in [-0.25, -0.2) is 0 Å². The molecule has 23 heavy (non-hydrogen) atoms. The molecule has 0 saturated carbocycles. The molecule has 1 amide bonds. The molecule has 0 spiro atoms. The van der Waals surface area contributed by atoms with Crippen LogP contribution in [0.3, 0.4) is 0 Å². The third kappa shape index (κ3) is 4.16. The first kappa shape index (κ1) is 16.7. The van der Waals surface area contributed by atoms with Gasteiger partial charge in [0, 0.05) is 11.4 Å². The number of rotatable bonds is 6. The minimum Gasteiger partial charge on any atom is -0.493 e.